The lowest BCUT2D eigenvalue weighted by atomic mass is 10.3. The molecule has 0 unspecified atom stereocenters. The van der Waals surface area contributed by atoms with Crippen molar-refractivity contribution in [2.75, 3.05) is 13.2 Å². The van der Waals surface area contributed by atoms with Crippen LogP contribution in [0.4, 0.5) is 4.39 Å². The van der Waals surface area contributed by atoms with E-state index >= 15 is 0 Å². The highest BCUT2D eigenvalue weighted by atomic mass is 35.5. The predicted molar refractivity (Wildman–Crippen MR) is 122 cm³/mol. The first-order valence-corrected chi connectivity index (χ1v) is 10.7. The standard InChI is InChI=1S/C23H19ClFN5O2/c1-2-32-11-5-10-29-13-26-21-19(23(29)31)20-22(28-18-7-4-3-6-17(18)27-20)30(21)14-8-9-16(25)15(24)12-14/h3-4,6-9,12-13H,2,5,10-11H2,1H3. The second-order valence-electron chi connectivity index (χ2n) is 7.31. The van der Waals surface area contributed by atoms with E-state index in [1.54, 1.807) is 15.2 Å². The molecule has 3 aromatic heterocycles. The quantitative estimate of drug-likeness (QED) is 0.355. The fraction of sp³-hybridized carbons (Fsp3) is 0.217. The smallest absolute Gasteiger partial charge is 0.265 e. The summed E-state index contributed by atoms with van der Waals surface area (Å²) in [5.41, 5.74) is 2.96. The van der Waals surface area contributed by atoms with Gasteiger partial charge in [-0.1, -0.05) is 23.7 Å². The predicted octanol–water partition coefficient (Wildman–Crippen LogP) is 4.50. The van der Waals surface area contributed by atoms with Gasteiger partial charge in [-0.05, 0) is 43.7 Å². The Morgan fingerprint density at radius 1 is 1.09 bits per heavy atom. The summed E-state index contributed by atoms with van der Waals surface area (Å²) in [7, 11) is 0. The largest absolute Gasteiger partial charge is 0.382 e. The van der Waals surface area contributed by atoms with Crippen molar-refractivity contribution < 1.29 is 9.13 Å². The Hall–Kier alpha value is -3.36. The molecule has 5 aromatic rings. The van der Waals surface area contributed by atoms with E-state index in [0.717, 1.165) is 0 Å². The number of hydrogen-bond donors (Lipinski definition) is 0. The fourth-order valence-corrected chi connectivity index (χ4v) is 3.96. The molecule has 0 aliphatic rings. The molecule has 3 heterocycles. The molecular formula is C23H19ClFN5O2. The van der Waals surface area contributed by atoms with Crippen LogP contribution in [-0.2, 0) is 11.3 Å². The van der Waals surface area contributed by atoms with Gasteiger partial charge in [-0.3, -0.25) is 13.9 Å². The minimum Gasteiger partial charge on any atom is -0.382 e. The van der Waals surface area contributed by atoms with Crippen molar-refractivity contribution in [1.82, 2.24) is 24.1 Å². The number of para-hydroxylation sites is 2. The maximum Gasteiger partial charge on any atom is 0.265 e. The first-order chi connectivity index (χ1) is 15.6. The average molecular weight is 452 g/mol. The number of ether oxygens (including phenoxy) is 1. The highest BCUT2D eigenvalue weighted by Crippen LogP contribution is 2.29. The molecule has 0 amide bonds. The molecule has 0 bridgehead atoms. The van der Waals surface area contributed by atoms with Crippen LogP contribution >= 0.6 is 11.6 Å². The number of benzene rings is 2. The molecule has 0 radical (unpaired) electrons. The third-order valence-corrected chi connectivity index (χ3v) is 5.57. The molecule has 0 saturated carbocycles. The van der Waals surface area contributed by atoms with Crippen LogP contribution in [0.3, 0.4) is 0 Å². The van der Waals surface area contributed by atoms with Crippen molar-refractivity contribution in [3.63, 3.8) is 0 Å². The van der Waals surface area contributed by atoms with Gasteiger partial charge in [-0.2, -0.15) is 0 Å². The van der Waals surface area contributed by atoms with Crippen LogP contribution < -0.4 is 5.56 Å². The summed E-state index contributed by atoms with van der Waals surface area (Å²) >= 11 is 6.05. The molecule has 0 N–H and O–H groups in total. The number of aryl methyl sites for hydroxylation is 1. The Kier molecular flexibility index (Phi) is 5.32. The van der Waals surface area contributed by atoms with Crippen molar-refractivity contribution in [3.05, 3.63) is 70.0 Å². The molecule has 5 rings (SSSR count). The zero-order chi connectivity index (χ0) is 22.2. The van der Waals surface area contributed by atoms with Crippen molar-refractivity contribution in [1.29, 1.82) is 0 Å². The highest BCUT2D eigenvalue weighted by Gasteiger charge is 2.21. The van der Waals surface area contributed by atoms with E-state index in [9.17, 15) is 9.18 Å². The third kappa shape index (κ3) is 3.41. The van der Waals surface area contributed by atoms with Crippen LogP contribution in [0.2, 0.25) is 5.02 Å². The normalized spacial score (nSPS) is 11.7. The zero-order valence-corrected chi connectivity index (χ0v) is 18.0. The van der Waals surface area contributed by atoms with E-state index in [1.807, 2.05) is 31.2 Å². The molecule has 0 fully saturated rings. The molecule has 0 saturated heterocycles. The van der Waals surface area contributed by atoms with E-state index in [0.29, 0.717) is 65.1 Å². The Morgan fingerprint density at radius 2 is 1.88 bits per heavy atom. The summed E-state index contributed by atoms with van der Waals surface area (Å²) in [6.07, 6.45) is 2.19. The molecular weight excluding hydrogens is 433 g/mol. The lowest BCUT2D eigenvalue weighted by Crippen LogP contribution is -2.21. The van der Waals surface area contributed by atoms with Crippen LogP contribution in [0.1, 0.15) is 13.3 Å². The summed E-state index contributed by atoms with van der Waals surface area (Å²) in [6, 6.07) is 11.8. The molecule has 0 atom stereocenters. The lowest BCUT2D eigenvalue weighted by Gasteiger charge is -2.08. The van der Waals surface area contributed by atoms with Gasteiger partial charge in [0, 0.05) is 19.8 Å². The first-order valence-electron chi connectivity index (χ1n) is 10.3. The van der Waals surface area contributed by atoms with Gasteiger partial charge >= 0.3 is 0 Å². The second-order valence-corrected chi connectivity index (χ2v) is 7.72. The van der Waals surface area contributed by atoms with Gasteiger partial charge in [0.1, 0.15) is 16.7 Å². The van der Waals surface area contributed by atoms with E-state index < -0.39 is 5.82 Å². The summed E-state index contributed by atoms with van der Waals surface area (Å²) < 4.78 is 22.4. The molecule has 162 valence electrons. The van der Waals surface area contributed by atoms with Crippen molar-refractivity contribution >= 4 is 44.8 Å². The van der Waals surface area contributed by atoms with Gasteiger partial charge in [0.15, 0.2) is 11.3 Å². The monoisotopic (exact) mass is 451 g/mol. The summed E-state index contributed by atoms with van der Waals surface area (Å²) in [6.45, 7) is 3.58. The van der Waals surface area contributed by atoms with Gasteiger partial charge in [-0.15, -0.1) is 0 Å². The number of fused-ring (bicyclic) bond motifs is 4. The molecule has 2 aromatic carbocycles. The fourth-order valence-electron chi connectivity index (χ4n) is 3.78. The highest BCUT2D eigenvalue weighted by molar-refractivity contribution is 6.31. The van der Waals surface area contributed by atoms with E-state index in [-0.39, 0.29) is 10.6 Å². The summed E-state index contributed by atoms with van der Waals surface area (Å²) in [5, 5.41) is 0.327. The maximum atomic E-state index is 13.8. The third-order valence-electron chi connectivity index (χ3n) is 5.28. The lowest BCUT2D eigenvalue weighted by molar-refractivity contribution is 0.141. The molecule has 0 aliphatic heterocycles. The number of aromatic nitrogens is 5. The van der Waals surface area contributed by atoms with E-state index in [4.69, 9.17) is 26.3 Å². The maximum absolute atomic E-state index is 13.8. The van der Waals surface area contributed by atoms with Crippen LogP contribution in [0.15, 0.2) is 53.6 Å². The van der Waals surface area contributed by atoms with Gasteiger partial charge in [0.25, 0.3) is 5.56 Å². The average Bonchev–Trinajstić information content (AvgIpc) is 3.12. The molecule has 32 heavy (non-hydrogen) atoms. The van der Waals surface area contributed by atoms with Gasteiger partial charge in [0.05, 0.1) is 28.1 Å². The number of halogens is 2. The molecule has 0 spiro atoms. The molecule has 9 heteroatoms. The SMILES string of the molecule is CCOCCCn1cnc2c(c1=O)c1nc3ccccc3nc1n2-c1ccc(F)c(Cl)c1. The van der Waals surface area contributed by atoms with E-state index in [1.165, 1.54) is 18.5 Å². The van der Waals surface area contributed by atoms with Crippen molar-refractivity contribution in [2.45, 2.75) is 19.9 Å². The van der Waals surface area contributed by atoms with Crippen LogP contribution in [0.25, 0.3) is 38.9 Å². The Labute approximate surface area is 187 Å². The Bertz CT molecular complexity index is 1530. The second kappa shape index (κ2) is 8.29. The number of rotatable bonds is 6. The van der Waals surface area contributed by atoms with Gasteiger partial charge < -0.3 is 4.74 Å². The summed E-state index contributed by atoms with van der Waals surface area (Å²) in [4.78, 5) is 27.5. The Balaban J connectivity index is 1.80. The van der Waals surface area contributed by atoms with E-state index in [2.05, 4.69) is 4.98 Å². The number of nitrogens with zero attached hydrogens (tertiary/aromatic N) is 5. The molecule has 7 nitrogen and oxygen atoms in total. The first kappa shape index (κ1) is 20.5. The Morgan fingerprint density at radius 3 is 2.62 bits per heavy atom. The summed E-state index contributed by atoms with van der Waals surface area (Å²) in [5.74, 6) is -0.530. The minimum absolute atomic E-state index is 0.0319. The number of hydrogen-bond acceptors (Lipinski definition) is 5. The van der Waals surface area contributed by atoms with Gasteiger partial charge in [-0.25, -0.2) is 19.3 Å². The van der Waals surface area contributed by atoms with Crippen LogP contribution in [0.5, 0.6) is 0 Å². The van der Waals surface area contributed by atoms with Crippen LogP contribution in [0, 0.1) is 5.82 Å². The van der Waals surface area contributed by atoms with Gasteiger partial charge in [0.2, 0.25) is 0 Å². The van der Waals surface area contributed by atoms with Crippen molar-refractivity contribution in [3.8, 4) is 5.69 Å². The van der Waals surface area contributed by atoms with Crippen molar-refractivity contribution in [2.24, 2.45) is 0 Å². The topological polar surface area (TPSA) is 74.8 Å². The van der Waals surface area contributed by atoms with Crippen LogP contribution in [-0.4, -0.2) is 37.3 Å². The minimum atomic E-state index is -0.530. The zero-order valence-electron chi connectivity index (χ0n) is 17.3. The molecule has 0 aliphatic carbocycles.